The third kappa shape index (κ3) is 6.28. The summed E-state index contributed by atoms with van der Waals surface area (Å²) in [5, 5.41) is 0. The van der Waals surface area contributed by atoms with Crippen LogP contribution in [-0.4, -0.2) is 18.1 Å². The summed E-state index contributed by atoms with van der Waals surface area (Å²) in [6.07, 6.45) is 1.78. The molecule has 0 radical (unpaired) electrons. The highest BCUT2D eigenvalue weighted by Gasteiger charge is 1.87. The van der Waals surface area contributed by atoms with Crippen molar-refractivity contribution in [3.63, 3.8) is 0 Å². The summed E-state index contributed by atoms with van der Waals surface area (Å²) in [4.78, 5) is 13.2. The molecule has 0 saturated carbocycles. The van der Waals surface area contributed by atoms with Crippen molar-refractivity contribution in [2.45, 2.75) is 13.8 Å². The number of hydrogen-bond donors (Lipinski definition) is 0. The molecule has 0 unspecified atom stereocenters. The van der Waals surface area contributed by atoms with Gasteiger partial charge in [0.15, 0.2) is 0 Å². The van der Waals surface area contributed by atoms with Gasteiger partial charge in [-0.2, -0.15) is 0 Å². The van der Waals surface area contributed by atoms with Gasteiger partial charge in [0.1, 0.15) is 0 Å². The Morgan fingerprint density at radius 1 is 1.69 bits per heavy atom. The Kier molecular flexibility index (Phi) is 7.20. The molecule has 0 amide bonds. The van der Waals surface area contributed by atoms with Crippen molar-refractivity contribution in [1.29, 1.82) is 0 Å². The third-order valence-electron chi connectivity index (χ3n) is 1.18. The molecule has 1 heterocycles. The highest BCUT2D eigenvalue weighted by Crippen LogP contribution is 2.10. The van der Waals surface area contributed by atoms with E-state index in [-0.39, 0.29) is 0 Å². The van der Waals surface area contributed by atoms with Crippen LogP contribution in [0.4, 0.5) is 0 Å². The van der Waals surface area contributed by atoms with E-state index in [2.05, 4.69) is 25.7 Å². The van der Waals surface area contributed by atoms with Crippen molar-refractivity contribution in [3.05, 3.63) is 28.5 Å². The van der Waals surface area contributed by atoms with Gasteiger partial charge in [0, 0.05) is 10.7 Å². The number of ether oxygens (including phenoxy) is 1. The Balaban J connectivity index is 0.000000252. The fourth-order valence-electron chi connectivity index (χ4n) is 0.533. The van der Waals surface area contributed by atoms with Crippen LogP contribution >= 0.6 is 15.9 Å². The van der Waals surface area contributed by atoms with Crippen LogP contribution in [0, 0.1) is 6.92 Å². The Hall–Kier alpha value is -0.900. The molecule has 0 aromatic carbocycles. The van der Waals surface area contributed by atoms with Gasteiger partial charge in [0.2, 0.25) is 0 Å². The molecular formula is C9H12BrNO2. The molecule has 0 atom stereocenters. The molecule has 13 heavy (non-hydrogen) atoms. The molecule has 1 rings (SSSR count). The fourth-order valence-corrected chi connectivity index (χ4v) is 0.788. The number of carbonyl (C=O) groups is 1. The summed E-state index contributed by atoms with van der Waals surface area (Å²) in [6, 6.07) is 3.87. The van der Waals surface area contributed by atoms with Crippen LogP contribution < -0.4 is 0 Å². The number of rotatable bonds is 2. The first-order chi connectivity index (χ1) is 6.22. The zero-order chi connectivity index (χ0) is 10.1. The van der Waals surface area contributed by atoms with E-state index in [4.69, 9.17) is 0 Å². The fraction of sp³-hybridized carbons (Fsp3) is 0.333. The largest absolute Gasteiger partial charge is 0.468 e. The second-order valence-corrected chi connectivity index (χ2v) is 2.98. The van der Waals surface area contributed by atoms with E-state index in [0.29, 0.717) is 13.1 Å². The van der Waals surface area contributed by atoms with Crippen LogP contribution in [0.25, 0.3) is 0 Å². The molecule has 4 heteroatoms. The van der Waals surface area contributed by atoms with Crippen molar-refractivity contribution in [1.82, 2.24) is 4.98 Å². The maximum Gasteiger partial charge on any atom is 0.293 e. The smallest absolute Gasteiger partial charge is 0.293 e. The number of pyridine rings is 1. The summed E-state index contributed by atoms with van der Waals surface area (Å²) in [5.74, 6) is 0. The standard InChI is InChI=1S/C6H6BrN.C3H6O2/c1-5-6(7)3-2-4-8-5;1-2-5-3-4/h2-4H,1H3;3H,2H2,1H3. The minimum atomic E-state index is 0.431. The number of aromatic nitrogens is 1. The van der Waals surface area contributed by atoms with Crippen LogP contribution in [0.3, 0.4) is 0 Å². The lowest BCUT2D eigenvalue weighted by atomic mass is 10.4. The molecule has 72 valence electrons. The summed E-state index contributed by atoms with van der Waals surface area (Å²) < 4.78 is 5.22. The molecule has 0 spiro atoms. The minimum Gasteiger partial charge on any atom is -0.468 e. The molecule has 0 aliphatic heterocycles. The zero-order valence-electron chi connectivity index (χ0n) is 7.66. The van der Waals surface area contributed by atoms with E-state index < -0.39 is 0 Å². The molecule has 1 aromatic rings. The van der Waals surface area contributed by atoms with Crippen molar-refractivity contribution < 1.29 is 9.53 Å². The zero-order valence-corrected chi connectivity index (χ0v) is 9.24. The molecule has 3 nitrogen and oxygen atoms in total. The van der Waals surface area contributed by atoms with E-state index in [0.717, 1.165) is 10.2 Å². The highest BCUT2D eigenvalue weighted by molar-refractivity contribution is 9.10. The lowest BCUT2D eigenvalue weighted by Crippen LogP contribution is -1.80. The first kappa shape index (κ1) is 12.1. The number of halogens is 1. The van der Waals surface area contributed by atoms with Crippen LogP contribution in [0.1, 0.15) is 12.6 Å². The molecule has 0 saturated heterocycles. The van der Waals surface area contributed by atoms with Crippen molar-refractivity contribution in [2.24, 2.45) is 0 Å². The van der Waals surface area contributed by atoms with Crippen LogP contribution in [0.2, 0.25) is 0 Å². The third-order valence-corrected chi connectivity index (χ3v) is 2.02. The normalized spacial score (nSPS) is 8.23. The summed E-state index contributed by atoms with van der Waals surface area (Å²) >= 11 is 3.33. The quantitative estimate of drug-likeness (QED) is 0.752. The molecule has 0 fully saturated rings. The lowest BCUT2D eigenvalue weighted by Gasteiger charge is -1.90. The number of carbonyl (C=O) groups excluding carboxylic acids is 1. The summed E-state index contributed by atoms with van der Waals surface area (Å²) in [6.45, 7) is 4.63. The Morgan fingerprint density at radius 2 is 2.38 bits per heavy atom. The maximum absolute atomic E-state index is 9.18. The Bertz CT molecular complexity index is 232. The number of aryl methyl sites for hydroxylation is 1. The maximum atomic E-state index is 9.18. The second-order valence-electron chi connectivity index (χ2n) is 2.12. The molecule has 0 aliphatic carbocycles. The minimum absolute atomic E-state index is 0.431. The SMILES string of the molecule is CCOC=O.Cc1ncccc1Br. The first-order valence-corrected chi connectivity index (χ1v) is 4.64. The van der Waals surface area contributed by atoms with Gasteiger partial charge in [-0.25, -0.2) is 0 Å². The van der Waals surface area contributed by atoms with E-state index in [9.17, 15) is 4.79 Å². The number of nitrogens with zero attached hydrogens (tertiary/aromatic N) is 1. The second kappa shape index (κ2) is 7.73. The summed E-state index contributed by atoms with van der Waals surface area (Å²) in [5.41, 5.74) is 1.03. The van der Waals surface area contributed by atoms with E-state index in [1.54, 1.807) is 13.1 Å². The van der Waals surface area contributed by atoms with Crippen molar-refractivity contribution >= 4 is 22.4 Å². The Labute approximate surface area is 86.3 Å². The van der Waals surface area contributed by atoms with Crippen molar-refractivity contribution in [3.8, 4) is 0 Å². The topological polar surface area (TPSA) is 39.2 Å². The van der Waals surface area contributed by atoms with Crippen LogP contribution in [-0.2, 0) is 9.53 Å². The Morgan fingerprint density at radius 3 is 2.62 bits per heavy atom. The van der Waals surface area contributed by atoms with Gasteiger partial charge in [-0.1, -0.05) is 0 Å². The van der Waals surface area contributed by atoms with Gasteiger partial charge in [-0.15, -0.1) is 0 Å². The van der Waals surface area contributed by atoms with Gasteiger partial charge in [0.25, 0.3) is 6.47 Å². The predicted octanol–water partition coefficient (Wildman–Crippen LogP) is 2.33. The van der Waals surface area contributed by atoms with Crippen LogP contribution in [0.15, 0.2) is 22.8 Å². The average molecular weight is 246 g/mol. The monoisotopic (exact) mass is 245 g/mol. The average Bonchev–Trinajstić information content (AvgIpc) is 2.13. The molecule has 0 bridgehead atoms. The summed E-state index contributed by atoms with van der Waals surface area (Å²) in [7, 11) is 0. The van der Waals surface area contributed by atoms with Gasteiger partial charge in [-0.3, -0.25) is 9.78 Å². The molecule has 0 N–H and O–H groups in total. The van der Waals surface area contributed by atoms with E-state index in [1.807, 2.05) is 19.1 Å². The molecular weight excluding hydrogens is 234 g/mol. The van der Waals surface area contributed by atoms with Gasteiger partial charge in [0.05, 0.1) is 12.3 Å². The van der Waals surface area contributed by atoms with Crippen molar-refractivity contribution in [2.75, 3.05) is 6.61 Å². The van der Waals surface area contributed by atoms with Gasteiger partial charge >= 0.3 is 0 Å². The van der Waals surface area contributed by atoms with Gasteiger partial charge < -0.3 is 4.74 Å². The number of hydrogen-bond acceptors (Lipinski definition) is 3. The van der Waals surface area contributed by atoms with Crippen LogP contribution in [0.5, 0.6) is 0 Å². The van der Waals surface area contributed by atoms with E-state index in [1.165, 1.54) is 0 Å². The highest BCUT2D eigenvalue weighted by atomic mass is 79.9. The van der Waals surface area contributed by atoms with E-state index >= 15 is 0 Å². The van der Waals surface area contributed by atoms with Gasteiger partial charge in [-0.05, 0) is 41.9 Å². The molecule has 0 aliphatic rings. The molecule has 1 aromatic heterocycles. The predicted molar refractivity (Wildman–Crippen MR) is 54.4 cm³/mol. The lowest BCUT2D eigenvalue weighted by molar-refractivity contribution is -0.128. The first-order valence-electron chi connectivity index (χ1n) is 3.84.